The number of carbonyl (C=O) groups excluding carboxylic acids is 1. The van der Waals surface area contributed by atoms with Crippen LogP contribution >= 0.6 is 0 Å². The van der Waals surface area contributed by atoms with E-state index >= 15 is 0 Å². The van der Waals surface area contributed by atoms with E-state index in [0.717, 1.165) is 19.2 Å². The fourth-order valence-electron chi connectivity index (χ4n) is 1.34. The van der Waals surface area contributed by atoms with Gasteiger partial charge in [-0.05, 0) is 12.1 Å². The quantitative estimate of drug-likeness (QED) is 0.866. The number of carbonyl (C=O) groups is 1. The molecule has 0 atom stereocenters. The molecule has 1 amide bonds. The molecule has 2 N–H and O–H groups in total. The van der Waals surface area contributed by atoms with Crippen LogP contribution in [0.15, 0.2) is 29.2 Å². The van der Waals surface area contributed by atoms with Gasteiger partial charge in [0.1, 0.15) is 10.6 Å². The summed E-state index contributed by atoms with van der Waals surface area (Å²) in [5, 5.41) is 0. The number of nitrogens with zero attached hydrogens (tertiary/aromatic N) is 1. The molecule has 6 nitrogen and oxygen atoms in total. The van der Waals surface area contributed by atoms with Gasteiger partial charge >= 0.3 is 6.36 Å². The second-order valence-corrected chi connectivity index (χ2v) is 5.74. The first-order chi connectivity index (χ1) is 9.04. The fourth-order valence-corrected chi connectivity index (χ4v) is 2.59. The van der Waals surface area contributed by atoms with Gasteiger partial charge in [0, 0.05) is 7.05 Å². The number of halogens is 3. The Hall–Kier alpha value is -1.81. The number of likely N-dealkylation sites (N-methyl/N-ethyl adjacent to an activating group) is 1. The Kier molecular flexibility index (Phi) is 4.61. The molecule has 1 rings (SSSR count). The molecule has 0 radical (unpaired) electrons. The first-order valence-corrected chi connectivity index (χ1v) is 6.57. The van der Waals surface area contributed by atoms with Crippen LogP contribution in [0.5, 0.6) is 5.75 Å². The molecule has 0 bridgehead atoms. The average molecular weight is 312 g/mol. The van der Waals surface area contributed by atoms with Gasteiger partial charge < -0.3 is 10.5 Å². The molecule has 0 spiro atoms. The lowest BCUT2D eigenvalue weighted by Crippen LogP contribution is -2.35. The van der Waals surface area contributed by atoms with Gasteiger partial charge in [0.05, 0.1) is 6.54 Å². The summed E-state index contributed by atoms with van der Waals surface area (Å²) in [6.45, 7) is -0.664. The van der Waals surface area contributed by atoms with Crippen LogP contribution in [0.25, 0.3) is 0 Å². The molecule has 0 aliphatic rings. The number of primary amides is 1. The zero-order chi connectivity index (χ0) is 15.6. The number of alkyl halides is 3. The van der Waals surface area contributed by atoms with Crippen molar-refractivity contribution in [1.82, 2.24) is 4.31 Å². The Bertz CT molecular complexity index is 601. The highest BCUT2D eigenvalue weighted by Crippen LogP contribution is 2.30. The van der Waals surface area contributed by atoms with E-state index in [0.29, 0.717) is 4.31 Å². The molecular formula is C10H11F3N2O4S. The highest BCUT2D eigenvalue weighted by molar-refractivity contribution is 7.89. The van der Waals surface area contributed by atoms with Crippen LogP contribution in [0.1, 0.15) is 0 Å². The second kappa shape index (κ2) is 5.67. The maximum atomic E-state index is 12.2. The number of benzene rings is 1. The number of nitrogens with two attached hydrogens (primary N) is 1. The van der Waals surface area contributed by atoms with Crippen LogP contribution in [-0.4, -0.2) is 38.6 Å². The summed E-state index contributed by atoms with van der Waals surface area (Å²) in [5.74, 6) is -1.82. The minimum absolute atomic E-state index is 0.536. The Morgan fingerprint density at radius 1 is 1.35 bits per heavy atom. The monoisotopic (exact) mass is 312 g/mol. The van der Waals surface area contributed by atoms with Crippen molar-refractivity contribution in [3.8, 4) is 5.75 Å². The second-order valence-electron chi connectivity index (χ2n) is 3.72. The Morgan fingerprint density at radius 3 is 2.40 bits per heavy atom. The SMILES string of the molecule is CN(CC(N)=O)S(=O)(=O)c1ccccc1OC(F)(F)F. The summed E-state index contributed by atoms with van der Waals surface area (Å²) in [5.41, 5.74) is 4.85. The molecular weight excluding hydrogens is 301 g/mol. The van der Waals surface area contributed by atoms with Gasteiger partial charge in [-0.3, -0.25) is 4.79 Å². The van der Waals surface area contributed by atoms with Crippen molar-refractivity contribution < 1.29 is 31.1 Å². The van der Waals surface area contributed by atoms with Gasteiger partial charge in [-0.25, -0.2) is 8.42 Å². The zero-order valence-corrected chi connectivity index (χ0v) is 11.0. The number of hydrogen-bond donors (Lipinski definition) is 1. The predicted octanol–water partition coefficient (Wildman–Crippen LogP) is 0.691. The Morgan fingerprint density at radius 2 is 1.90 bits per heavy atom. The number of ether oxygens (including phenoxy) is 1. The highest BCUT2D eigenvalue weighted by Gasteiger charge is 2.35. The van der Waals surface area contributed by atoms with E-state index in [2.05, 4.69) is 4.74 Å². The number of hydrogen-bond acceptors (Lipinski definition) is 4. The van der Waals surface area contributed by atoms with Crippen molar-refractivity contribution >= 4 is 15.9 Å². The molecule has 0 saturated carbocycles. The minimum atomic E-state index is -5.03. The van der Waals surface area contributed by atoms with Crippen LogP contribution in [0, 0.1) is 0 Å². The molecule has 10 heteroatoms. The standard InChI is InChI=1S/C10H11F3N2O4S/c1-15(6-9(14)16)20(17,18)8-5-3-2-4-7(8)19-10(11,12)13/h2-5H,6H2,1H3,(H2,14,16). The van der Waals surface area contributed by atoms with Crippen LogP contribution in [0.3, 0.4) is 0 Å². The fraction of sp³-hybridized carbons (Fsp3) is 0.300. The topological polar surface area (TPSA) is 89.7 Å². The average Bonchev–Trinajstić information content (AvgIpc) is 2.26. The predicted molar refractivity (Wildman–Crippen MR) is 62.1 cm³/mol. The Labute approximate surface area is 113 Å². The summed E-state index contributed by atoms with van der Waals surface area (Å²) in [6.07, 6.45) is -5.03. The van der Waals surface area contributed by atoms with Gasteiger partial charge in [0.2, 0.25) is 15.9 Å². The van der Waals surface area contributed by atoms with Gasteiger partial charge in [-0.15, -0.1) is 13.2 Å². The van der Waals surface area contributed by atoms with E-state index < -0.39 is 39.5 Å². The lowest BCUT2D eigenvalue weighted by atomic mass is 10.3. The number of rotatable bonds is 5. The van der Waals surface area contributed by atoms with Crippen molar-refractivity contribution in [2.45, 2.75) is 11.3 Å². The molecule has 1 aromatic rings. The van der Waals surface area contributed by atoms with E-state index in [1.807, 2.05) is 0 Å². The van der Waals surface area contributed by atoms with Crippen molar-refractivity contribution in [2.24, 2.45) is 5.73 Å². The summed E-state index contributed by atoms with van der Waals surface area (Å²) in [6, 6.07) is 4.22. The molecule has 0 fully saturated rings. The lowest BCUT2D eigenvalue weighted by molar-refractivity contribution is -0.275. The normalized spacial score (nSPS) is 12.4. The highest BCUT2D eigenvalue weighted by atomic mass is 32.2. The van der Waals surface area contributed by atoms with Gasteiger partial charge in [-0.2, -0.15) is 4.31 Å². The van der Waals surface area contributed by atoms with Crippen molar-refractivity contribution in [1.29, 1.82) is 0 Å². The van der Waals surface area contributed by atoms with Crippen molar-refractivity contribution in [2.75, 3.05) is 13.6 Å². The largest absolute Gasteiger partial charge is 0.573 e. The smallest absolute Gasteiger partial charge is 0.404 e. The van der Waals surface area contributed by atoms with E-state index in [9.17, 15) is 26.4 Å². The molecule has 0 aliphatic carbocycles. The lowest BCUT2D eigenvalue weighted by Gasteiger charge is -2.18. The van der Waals surface area contributed by atoms with E-state index in [1.54, 1.807) is 0 Å². The van der Waals surface area contributed by atoms with Crippen LogP contribution < -0.4 is 10.5 Å². The number of sulfonamides is 1. The molecule has 0 aliphatic heterocycles. The van der Waals surface area contributed by atoms with Gasteiger partial charge in [-0.1, -0.05) is 12.1 Å². The van der Waals surface area contributed by atoms with Crippen LogP contribution in [0.2, 0.25) is 0 Å². The third-order valence-corrected chi connectivity index (χ3v) is 3.98. The van der Waals surface area contributed by atoms with Crippen molar-refractivity contribution in [3.63, 3.8) is 0 Å². The maximum absolute atomic E-state index is 12.2. The number of amides is 1. The number of para-hydroxylation sites is 1. The molecule has 1 aromatic carbocycles. The van der Waals surface area contributed by atoms with Crippen molar-refractivity contribution in [3.05, 3.63) is 24.3 Å². The van der Waals surface area contributed by atoms with E-state index in [-0.39, 0.29) is 0 Å². The van der Waals surface area contributed by atoms with E-state index in [1.165, 1.54) is 12.1 Å². The summed E-state index contributed by atoms with van der Waals surface area (Å²) >= 11 is 0. The molecule has 0 unspecified atom stereocenters. The summed E-state index contributed by atoms with van der Waals surface area (Å²) in [4.78, 5) is 10.00. The van der Waals surface area contributed by atoms with E-state index in [4.69, 9.17) is 5.73 Å². The first kappa shape index (κ1) is 16.2. The molecule has 0 aromatic heterocycles. The summed E-state index contributed by atoms with van der Waals surface area (Å²) in [7, 11) is -3.31. The molecule has 0 heterocycles. The Balaban J connectivity index is 3.22. The molecule has 112 valence electrons. The van der Waals surface area contributed by atoms with Gasteiger partial charge in [0.15, 0.2) is 0 Å². The third kappa shape index (κ3) is 4.10. The van der Waals surface area contributed by atoms with Gasteiger partial charge in [0.25, 0.3) is 0 Å². The first-order valence-electron chi connectivity index (χ1n) is 5.13. The molecule has 20 heavy (non-hydrogen) atoms. The van der Waals surface area contributed by atoms with Crippen LogP contribution in [0.4, 0.5) is 13.2 Å². The third-order valence-electron chi connectivity index (χ3n) is 2.14. The minimum Gasteiger partial charge on any atom is -0.404 e. The molecule has 0 saturated heterocycles. The van der Waals surface area contributed by atoms with Crippen LogP contribution in [-0.2, 0) is 14.8 Å². The summed E-state index contributed by atoms with van der Waals surface area (Å²) < 4.78 is 64.9. The zero-order valence-electron chi connectivity index (χ0n) is 10.2. The maximum Gasteiger partial charge on any atom is 0.573 e.